The third kappa shape index (κ3) is 2.95. The lowest BCUT2D eigenvalue weighted by Crippen LogP contribution is -2.28. The maximum absolute atomic E-state index is 13.2. The Bertz CT molecular complexity index is 515. The molecule has 17 heavy (non-hydrogen) atoms. The molecule has 1 aromatic rings. The van der Waals surface area contributed by atoms with Crippen LogP contribution >= 0.6 is 10.7 Å². The van der Waals surface area contributed by atoms with Crippen molar-refractivity contribution in [3.8, 4) is 0 Å². The van der Waals surface area contributed by atoms with Crippen LogP contribution < -0.4 is 0 Å². The number of nitrogens with zero attached hydrogens (tertiary/aromatic N) is 2. The summed E-state index contributed by atoms with van der Waals surface area (Å²) in [4.78, 5) is -0.159. The Kier molecular flexibility index (Phi) is 3.15. The normalized spacial score (nSPS) is 24.8. The van der Waals surface area contributed by atoms with Gasteiger partial charge in [0.15, 0.2) is 0 Å². The Hall–Kier alpha value is -0.690. The number of hydrogen-bond donors (Lipinski definition) is 0. The van der Waals surface area contributed by atoms with Gasteiger partial charge in [-0.05, 0) is 12.8 Å². The lowest BCUT2D eigenvalue weighted by molar-refractivity contribution is -0.0512. The maximum atomic E-state index is 13.2. The molecule has 1 saturated carbocycles. The van der Waals surface area contributed by atoms with Crippen LogP contribution in [0.15, 0.2) is 17.3 Å². The standard InChI is InChI=1S/C9H11ClF2N2O2S/c10-17(15,16)8-5-13-14(6-8)7-2-1-3-9(11,12)4-7/h5-7H,1-4H2. The fraction of sp³-hybridized carbons (Fsp3) is 0.667. The van der Waals surface area contributed by atoms with Gasteiger partial charge in [0, 0.05) is 29.7 Å². The van der Waals surface area contributed by atoms with Gasteiger partial charge in [-0.2, -0.15) is 5.10 Å². The topological polar surface area (TPSA) is 52.0 Å². The van der Waals surface area contributed by atoms with Gasteiger partial charge in [-0.1, -0.05) is 0 Å². The van der Waals surface area contributed by atoms with Gasteiger partial charge in [-0.15, -0.1) is 0 Å². The summed E-state index contributed by atoms with van der Waals surface area (Å²) in [6, 6.07) is -0.467. The van der Waals surface area contributed by atoms with E-state index in [4.69, 9.17) is 10.7 Å². The molecule has 0 radical (unpaired) electrons. The summed E-state index contributed by atoms with van der Waals surface area (Å²) in [5, 5.41) is 3.79. The second-order valence-corrected chi connectivity index (χ2v) is 6.77. The van der Waals surface area contributed by atoms with Crippen molar-refractivity contribution in [3.05, 3.63) is 12.4 Å². The van der Waals surface area contributed by atoms with Crippen molar-refractivity contribution in [2.24, 2.45) is 0 Å². The van der Waals surface area contributed by atoms with Gasteiger partial charge in [0.1, 0.15) is 4.90 Å². The minimum Gasteiger partial charge on any atom is -0.268 e. The summed E-state index contributed by atoms with van der Waals surface area (Å²) in [6.07, 6.45) is 2.82. The predicted octanol–water partition coefficient (Wildman–Crippen LogP) is 2.56. The van der Waals surface area contributed by atoms with Crippen LogP contribution in [0, 0.1) is 0 Å². The van der Waals surface area contributed by atoms with E-state index in [1.54, 1.807) is 0 Å². The molecule has 0 bridgehead atoms. The number of halogens is 3. The highest BCUT2D eigenvalue weighted by atomic mass is 35.7. The zero-order chi connectivity index (χ0) is 12.7. The van der Waals surface area contributed by atoms with Crippen LogP contribution in [0.25, 0.3) is 0 Å². The van der Waals surface area contributed by atoms with E-state index in [0.717, 1.165) is 6.20 Å². The minimum atomic E-state index is -3.85. The van der Waals surface area contributed by atoms with E-state index in [9.17, 15) is 17.2 Å². The van der Waals surface area contributed by atoms with E-state index in [2.05, 4.69) is 5.10 Å². The molecule has 0 amide bonds. The molecule has 1 heterocycles. The quantitative estimate of drug-likeness (QED) is 0.784. The monoisotopic (exact) mass is 284 g/mol. The molecule has 96 valence electrons. The van der Waals surface area contributed by atoms with Crippen molar-refractivity contribution in [3.63, 3.8) is 0 Å². The van der Waals surface area contributed by atoms with E-state index in [1.807, 2.05) is 0 Å². The Morgan fingerprint density at radius 2 is 2.24 bits per heavy atom. The molecule has 0 spiro atoms. The molecular weight excluding hydrogens is 274 g/mol. The highest BCUT2D eigenvalue weighted by Crippen LogP contribution is 2.39. The molecule has 8 heteroatoms. The van der Waals surface area contributed by atoms with Crippen LogP contribution in [-0.4, -0.2) is 24.1 Å². The lowest BCUT2D eigenvalue weighted by Gasteiger charge is -2.28. The molecule has 1 unspecified atom stereocenters. The molecule has 4 nitrogen and oxygen atoms in total. The van der Waals surface area contributed by atoms with Crippen molar-refractivity contribution in [1.29, 1.82) is 0 Å². The molecule has 0 saturated heterocycles. The van der Waals surface area contributed by atoms with Crippen LogP contribution in [0.1, 0.15) is 31.7 Å². The molecule has 0 N–H and O–H groups in total. The Morgan fingerprint density at radius 1 is 1.53 bits per heavy atom. The first kappa shape index (κ1) is 12.8. The fourth-order valence-corrected chi connectivity index (χ4v) is 2.66. The van der Waals surface area contributed by atoms with Crippen molar-refractivity contribution in [2.45, 2.75) is 42.5 Å². The van der Waals surface area contributed by atoms with Gasteiger partial charge < -0.3 is 0 Å². The second kappa shape index (κ2) is 4.20. The van der Waals surface area contributed by atoms with E-state index >= 15 is 0 Å². The summed E-state index contributed by atoms with van der Waals surface area (Å²) in [6.45, 7) is 0. The van der Waals surface area contributed by atoms with Gasteiger partial charge in [0.25, 0.3) is 9.05 Å². The summed E-state index contributed by atoms with van der Waals surface area (Å²) >= 11 is 0. The molecule has 1 aromatic heterocycles. The second-order valence-electron chi connectivity index (χ2n) is 4.20. The lowest BCUT2D eigenvalue weighted by atomic mass is 9.92. The molecule has 1 aliphatic rings. The first-order valence-electron chi connectivity index (χ1n) is 5.15. The average Bonchev–Trinajstić information content (AvgIpc) is 2.63. The fourth-order valence-electron chi connectivity index (χ4n) is 2.02. The molecule has 1 aliphatic carbocycles. The third-order valence-corrected chi connectivity index (χ3v) is 4.16. The van der Waals surface area contributed by atoms with E-state index in [-0.39, 0.29) is 17.7 Å². The van der Waals surface area contributed by atoms with Crippen LogP contribution in [0.4, 0.5) is 8.78 Å². The molecule has 0 aliphatic heterocycles. The van der Waals surface area contributed by atoms with Gasteiger partial charge in [0.2, 0.25) is 5.92 Å². The Morgan fingerprint density at radius 3 is 2.76 bits per heavy atom. The number of aromatic nitrogens is 2. The van der Waals surface area contributed by atoms with Gasteiger partial charge in [0.05, 0.1) is 12.2 Å². The first-order chi connectivity index (χ1) is 7.78. The molecule has 0 aromatic carbocycles. The largest absolute Gasteiger partial charge is 0.268 e. The maximum Gasteiger partial charge on any atom is 0.264 e. The van der Waals surface area contributed by atoms with Crippen LogP contribution in [0.5, 0.6) is 0 Å². The zero-order valence-electron chi connectivity index (χ0n) is 8.81. The van der Waals surface area contributed by atoms with Gasteiger partial charge in [-0.3, -0.25) is 4.68 Å². The van der Waals surface area contributed by atoms with Crippen molar-refractivity contribution >= 4 is 19.7 Å². The summed E-state index contributed by atoms with van der Waals surface area (Å²) in [5.74, 6) is -2.70. The van der Waals surface area contributed by atoms with Gasteiger partial charge in [-0.25, -0.2) is 17.2 Å². The minimum absolute atomic E-state index is 0.120. The number of hydrogen-bond acceptors (Lipinski definition) is 3. The summed E-state index contributed by atoms with van der Waals surface area (Å²) in [5.41, 5.74) is 0. The molecule has 2 rings (SSSR count). The average molecular weight is 285 g/mol. The van der Waals surface area contributed by atoms with Crippen LogP contribution in [-0.2, 0) is 9.05 Å². The van der Waals surface area contributed by atoms with Gasteiger partial charge >= 0.3 is 0 Å². The number of alkyl halides is 2. The van der Waals surface area contributed by atoms with Crippen LogP contribution in [0.2, 0.25) is 0 Å². The third-order valence-electron chi connectivity index (χ3n) is 2.85. The highest BCUT2D eigenvalue weighted by molar-refractivity contribution is 8.13. The van der Waals surface area contributed by atoms with E-state index in [0.29, 0.717) is 12.8 Å². The summed E-state index contributed by atoms with van der Waals surface area (Å²) < 4.78 is 49.7. The van der Waals surface area contributed by atoms with Crippen molar-refractivity contribution in [2.75, 3.05) is 0 Å². The SMILES string of the molecule is O=S(=O)(Cl)c1cnn(C2CCCC(F)(F)C2)c1. The molecular formula is C9H11ClF2N2O2S. The molecule has 1 fully saturated rings. The van der Waals surface area contributed by atoms with E-state index < -0.39 is 21.0 Å². The smallest absolute Gasteiger partial charge is 0.264 e. The first-order valence-corrected chi connectivity index (χ1v) is 7.45. The van der Waals surface area contributed by atoms with Crippen molar-refractivity contribution < 1.29 is 17.2 Å². The van der Waals surface area contributed by atoms with Crippen molar-refractivity contribution in [1.82, 2.24) is 9.78 Å². The highest BCUT2D eigenvalue weighted by Gasteiger charge is 2.37. The predicted molar refractivity (Wildman–Crippen MR) is 57.7 cm³/mol. The van der Waals surface area contributed by atoms with E-state index in [1.165, 1.54) is 10.9 Å². The molecule has 1 atom stereocenters. The summed E-state index contributed by atoms with van der Waals surface area (Å²) in [7, 11) is 1.29. The number of rotatable bonds is 2. The zero-order valence-corrected chi connectivity index (χ0v) is 10.4. The Labute approximate surface area is 102 Å². The van der Waals surface area contributed by atoms with Crippen LogP contribution in [0.3, 0.4) is 0 Å². The Balaban J connectivity index is 2.21.